The quantitative estimate of drug-likeness (QED) is 0.0291. The van der Waals surface area contributed by atoms with Gasteiger partial charge in [0.2, 0.25) is 0 Å². The molecule has 3 atom stereocenters. The SMILES string of the molecule is CC/C=C\CC[C@@H](/C=C/C#C/C=C/C=C/[C@@H](O[Si](C)(C)C(C)(C)C)[C@H](CCCCCC(=O)OCC)O[Si](C)(C)C(C)(C)C)O[Si](C)(C)C(C)(C)C. The largest absolute Gasteiger partial charge is 0.466 e. The van der Waals surface area contributed by atoms with Crippen molar-refractivity contribution in [2.75, 3.05) is 6.61 Å². The molecule has 0 saturated heterocycles. The second-order valence-corrected chi connectivity index (χ2v) is 32.7. The summed E-state index contributed by atoms with van der Waals surface area (Å²) in [5.41, 5.74) is 0. The molecule has 0 radical (unpaired) electrons. The van der Waals surface area contributed by atoms with E-state index in [4.69, 9.17) is 18.0 Å². The third kappa shape index (κ3) is 20.0. The molecule has 0 aliphatic carbocycles. The Labute approximate surface area is 319 Å². The lowest BCUT2D eigenvalue weighted by Gasteiger charge is -2.44. The van der Waals surface area contributed by atoms with Gasteiger partial charge in [-0.3, -0.25) is 4.79 Å². The van der Waals surface area contributed by atoms with E-state index in [9.17, 15) is 4.79 Å². The lowest BCUT2D eigenvalue weighted by atomic mass is 10.0. The number of unbranched alkanes of at least 4 members (excludes halogenated alkanes) is 2. The van der Waals surface area contributed by atoms with Crippen LogP contribution in [-0.4, -0.2) is 55.8 Å². The van der Waals surface area contributed by atoms with E-state index in [1.807, 2.05) is 25.2 Å². The van der Waals surface area contributed by atoms with Gasteiger partial charge in [0.1, 0.15) is 0 Å². The molecule has 0 aliphatic rings. The van der Waals surface area contributed by atoms with Crippen LogP contribution < -0.4 is 0 Å². The predicted octanol–water partition coefficient (Wildman–Crippen LogP) is 13.1. The molecule has 0 rings (SSSR count). The lowest BCUT2D eigenvalue weighted by molar-refractivity contribution is -0.143. The van der Waals surface area contributed by atoms with Crippen molar-refractivity contribution in [1.82, 2.24) is 0 Å². The first kappa shape index (κ1) is 49.5. The summed E-state index contributed by atoms with van der Waals surface area (Å²) in [7, 11) is -6.12. The molecule has 0 bridgehead atoms. The molecular weight excluding hydrogens is 681 g/mol. The molecule has 0 amide bonds. The zero-order valence-corrected chi connectivity index (χ0v) is 39.3. The highest BCUT2D eigenvalue weighted by molar-refractivity contribution is 6.75. The number of carbonyl (C=O) groups excluding carboxylic acids is 1. The average molecular weight is 761 g/mol. The van der Waals surface area contributed by atoms with Crippen LogP contribution in [0.3, 0.4) is 0 Å². The van der Waals surface area contributed by atoms with E-state index >= 15 is 0 Å². The smallest absolute Gasteiger partial charge is 0.305 e. The van der Waals surface area contributed by atoms with Crippen molar-refractivity contribution < 1.29 is 22.8 Å². The Balaban J connectivity index is 6.17. The molecule has 0 heterocycles. The van der Waals surface area contributed by atoms with Crippen LogP contribution in [-0.2, 0) is 22.8 Å². The highest BCUT2D eigenvalue weighted by Gasteiger charge is 2.44. The fourth-order valence-corrected chi connectivity index (χ4v) is 8.38. The predicted molar refractivity (Wildman–Crippen MR) is 230 cm³/mol. The molecule has 0 spiro atoms. The highest BCUT2D eigenvalue weighted by atomic mass is 28.4. The topological polar surface area (TPSA) is 54.0 Å². The van der Waals surface area contributed by atoms with Gasteiger partial charge in [0, 0.05) is 6.42 Å². The molecule has 0 aromatic carbocycles. The van der Waals surface area contributed by atoms with Crippen molar-refractivity contribution in [1.29, 1.82) is 0 Å². The van der Waals surface area contributed by atoms with Crippen LogP contribution >= 0.6 is 0 Å². The second kappa shape index (κ2) is 22.7. The summed E-state index contributed by atoms with van der Waals surface area (Å²) < 4.78 is 26.1. The van der Waals surface area contributed by atoms with Gasteiger partial charge in [-0.2, -0.15) is 0 Å². The summed E-state index contributed by atoms with van der Waals surface area (Å²) in [6, 6.07) is 0. The normalized spacial score (nSPS) is 15.9. The van der Waals surface area contributed by atoms with Crippen LogP contribution in [0.1, 0.15) is 128 Å². The molecule has 51 heavy (non-hydrogen) atoms. The molecule has 0 N–H and O–H groups in total. The molecular formula is C43H80O5Si3. The van der Waals surface area contributed by atoms with Crippen LogP contribution in [0.4, 0.5) is 0 Å². The lowest BCUT2D eigenvalue weighted by Crippen LogP contribution is -2.51. The van der Waals surface area contributed by atoms with E-state index in [-0.39, 0.29) is 39.4 Å². The van der Waals surface area contributed by atoms with E-state index in [0.717, 1.165) is 44.9 Å². The van der Waals surface area contributed by atoms with Gasteiger partial charge in [0.15, 0.2) is 25.0 Å². The Morgan fingerprint density at radius 3 is 1.75 bits per heavy atom. The first-order valence-electron chi connectivity index (χ1n) is 19.7. The highest BCUT2D eigenvalue weighted by Crippen LogP contribution is 2.41. The molecule has 0 saturated carbocycles. The number of carbonyl (C=O) groups is 1. The summed E-state index contributed by atoms with van der Waals surface area (Å²) in [6.07, 6.45) is 23.6. The van der Waals surface area contributed by atoms with Gasteiger partial charge in [-0.15, -0.1) is 0 Å². The van der Waals surface area contributed by atoms with Crippen molar-refractivity contribution >= 4 is 30.9 Å². The fraction of sp³-hybridized carbons (Fsp3) is 0.744. The first-order chi connectivity index (χ1) is 23.3. The maximum absolute atomic E-state index is 11.9. The van der Waals surface area contributed by atoms with Gasteiger partial charge < -0.3 is 18.0 Å². The van der Waals surface area contributed by atoms with Gasteiger partial charge in [-0.1, -0.05) is 124 Å². The van der Waals surface area contributed by atoms with Gasteiger partial charge in [-0.25, -0.2) is 0 Å². The molecule has 0 unspecified atom stereocenters. The Morgan fingerprint density at radius 1 is 0.647 bits per heavy atom. The second-order valence-electron chi connectivity index (χ2n) is 18.4. The number of esters is 1. The molecule has 294 valence electrons. The molecule has 0 aromatic heterocycles. The Morgan fingerprint density at radius 2 is 1.20 bits per heavy atom. The monoisotopic (exact) mass is 761 g/mol. The minimum Gasteiger partial charge on any atom is -0.466 e. The third-order valence-electron chi connectivity index (χ3n) is 10.9. The van der Waals surface area contributed by atoms with Crippen molar-refractivity contribution in [2.24, 2.45) is 0 Å². The number of rotatable bonds is 21. The Kier molecular flexibility index (Phi) is 22.0. The standard InChI is InChI=1S/C43H80O5Si3/c1-18-20-21-27-32-37(46-49(12,13)41(3,4)5)33-28-24-22-23-25-29-34-38(47-50(14,15)42(6,7)8)39(48-51(16,17)43(9,10)11)35-30-26-31-36-40(44)45-19-2/h20-21,23,25,28-29,33-34,37-39H,18-19,26-27,30-32,35-36H2,1-17H3/b21-20-,25-23+,33-28+,34-29+/t37-,38+,39-/m0/s1. The van der Waals surface area contributed by atoms with E-state index < -0.39 is 25.0 Å². The number of hydrogen-bond acceptors (Lipinski definition) is 5. The van der Waals surface area contributed by atoms with E-state index in [1.165, 1.54) is 0 Å². The molecule has 5 nitrogen and oxygen atoms in total. The summed E-state index contributed by atoms with van der Waals surface area (Å²) in [5, 5.41) is 0.292. The van der Waals surface area contributed by atoms with Crippen molar-refractivity contribution in [2.45, 2.75) is 200 Å². The fourth-order valence-electron chi connectivity index (χ4n) is 4.45. The van der Waals surface area contributed by atoms with E-state index in [2.05, 4.69) is 151 Å². The number of ether oxygens (including phenoxy) is 1. The Bertz CT molecular complexity index is 1180. The van der Waals surface area contributed by atoms with Crippen molar-refractivity contribution in [3.05, 3.63) is 48.6 Å². The maximum atomic E-state index is 11.9. The average Bonchev–Trinajstić information content (AvgIpc) is 2.97. The summed E-state index contributed by atoms with van der Waals surface area (Å²) in [5.74, 6) is 6.28. The van der Waals surface area contributed by atoms with Crippen molar-refractivity contribution in [3.63, 3.8) is 0 Å². The summed E-state index contributed by atoms with van der Waals surface area (Å²) >= 11 is 0. The first-order valence-corrected chi connectivity index (χ1v) is 28.4. The van der Waals surface area contributed by atoms with Gasteiger partial charge in [-0.05, 0) is 112 Å². The van der Waals surface area contributed by atoms with Crippen LogP contribution in [0.2, 0.25) is 54.4 Å². The molecule has 0 aliphatic heterocycles. The van der Waals surface area contributed by atoms with Gasteiger partial charge >= 0.3 is 5.97 Å². The molecule has 0 aromatic rings. The summed E-state index contributed by atoms with van der Waals surface area (Å²) in [4.78, 5) is 11.9. The van der Waals surface area contributed by atoms with E-state index in [0.29, 0.717) is 13.0 Å². The van der Waals surface area contributed by atoms with Crippen molar-refractivity contribution in [3.8, 4) is 11.8 Å². The summed E-state index contributed by atoms with van der Waals surface area (Å²) in [6.45, 7) is 38.9. The molecule has 8 heteroatoms. The third-order valence-corrected chi connectivity index (χ3v) is 24.4. The van der Waals surface area contributed by atoms with Crippen LogP contribution in [0, 0.1) is 11.8 Å². The van der Waals surface area contributed by atoms with Crippen LogP contribution in [0.25, 0.3) is 0 Å². The minimum atomic E-state index is -2.12. The number of hydrogen-bond donors (Lipinski definition) is 0. The minimum absolute atomic E-state index is 0.0572. The van der Waals surface area contributed by atoms with Crippen LogP contribution in [0.5, 0.6) is 0 Å². The zero-order chi connectivity index (χ0) is 39.6. The van der Waals surface area contributed by atoms with E-state index in [1.54, 1.807) is 0 Å². The van der Waals surface area contributed by atoms with Gasteiger partial charge in [0.05, 0.1) is 24.9 Å². The number of allylic oxidation sites excluding steroid dienone is 6. The maximum Gasteiger partial charge on any atom is 0.305 e. The Hall–Kier alpha value is -1.48. The zero-order valence-electron chi connectivity index (χ0n) is 36.3. The molecule has 0 fully saturated rings. The van der Waals surface area contributed by atoms with Gasteiger partial charge in [0.25, 0.3) is 0 Å². The van der Waals surface area contributed by atoms with Crippen LogP contribution in [0.15, 0.2) is 48.6 Å².